The summed E-state index contributed by atoms with van der Waals surface area (Å²) >= 11 is 8.10. The number of aryl methyl sites for hydroxylation is 1. The van der Waals surface area contributed by atoms with Crippen LogP contribution in [0.3, 0.4) is 0 Å². The van der Waals surface area contributed by atoms with Gasteiger partial charge in [-0.25, -0.2) is 0 Å². The molecule has 0 radical (unpaired) electrons. The molecule has 7 heteroatoms. The van der Waals surface area contributed by atoms with Crippen LogP contribution >= 0.6 is 23.4 Å². The van der Waals surface area contributed by atoms with E-state index in [0.29, 0.717) is 11.6 Å². The molecule has 33 heavy (non-hydrogen) atoms. The van der Waals surface area contributed by atoms with Crippen LogP contribution in [0.15, 0.2) is 64.6 Å². The van der Waals surface area contributed by atoms with Gasteiger partial charge >= 0.3 is 5.97 Å². The largest absolute Gasteiger partial charge is 0.465 e. The Morgan fingerprint density at radius 2 is 2.03 bits per heavy atom. The van der Waals surface area contributed by atoms with Gasteiger partial charge in [-0.15, -0.1) is 0 Å². The lowest BCUT2D eigenvalue weighted by Crippen LogP contribution is -2.23. The Morgan fingerprint density at radius 3 is 2.73 bits per heavy atom. The summed E-state index contributed by atoms with van der Waals surface area (Å²) in [7, 11) is 0. The van der Waals surface area contributed by atoms with E-state index in [1.54, 1.807) is 11.8 Å². The van der Waals surface area contributed by atoms with Crippen molar-refractivity contribution in [2.75, 3.05) is 6.61 Å². The maximum absolute atomic E-state index is 12.6. The van der Waals surface area contributed by atoms with E-state index in [2.05, 4.69) is 47.9 Å². The minimum absolute atomic E-state index is 0.109. The molecule has 4 aromatic rings. The number of nitrogens with zero attached hydrogens (tertiary/aromatic N) is 3. The summed E-state index contributed by atoms with van der Waals surface area (Å²) in [6, 6.07) is 14.3. The first-order chi connectivity index (χ1) is 16.0. The molecule has 5 rings (SSSR count). The molecule has 0 N–H and O–H groups in total. The second-order valence-corrected chi connectivity index (χ2v) is 9.92. The van der Waals surface area contributed by atoms with Gasteiger partial charge in [-0.2, -0.15) is 5.10 Å². The van der Waals surface area contributed by atoms with Crippen molar-refractivity contribution in [3.05, 3.63) is 71.1 Å². The molecule has 0 bridgehead atoms. The molecule has 2 heterocycles. The van der Waals surface area contributed by atoms with Gasteiger partial charge in [0.15, 0.2) is 0 Å². The summed E-state index contributed by atoms with van der Waals surface area (Å²) in [4.78, 5) is 14.9. The van der Waals surface area contributed by atoms with Crippen LogP contribution in [0.5, 0.6) is 0 Å². The van der Waals surface area contributed by atoms with E-state index >= 15 is 0 Å². The van der Waals surface area contributed by atoms with Gasteiger partial charge in [0.1, 0.15) is 0 Å². The normalized spacial score (nSPS) is 14.5. The van der Waals surface area contributed by atoms with Gasteiger partial charge in [-0.05, 0) is 63.4 Å². The Balaban J connectivity index is 1.57. The van der Waals surface area contributed by atoms with Gasteiger partial charge in [0.05, 0.1) is 29.4 Å². The Labute approximate surface area is 202 Å². The predicted octanol–water partition coefficient (Wildman–Crippen LogP) is 6.55. The van der Waals surface area contributed by atoms with Gasteiger partial charge < -0.3 is 9.30 Å². The van der Waals surface area contributed by atoms with E-state index in [-0.39, 0.29) is 5.97 Å². The standard InChI is InChI=1S/C26H26ClN3O2S/c1-4-29-16-20(15-28-29)30-17(3)24(22-10-9-19(27)14-23(22)30)33-21-8-6-7-18(13-21)26(11-12-26)25(31)32-5-2/h6-10,13-16H,4-5,11-12H2,1-3H3. The van der Waals surface area contributed by atoms with Crippen molar-refractivity contribution in [3.63, 3.8) is 0 Å². The second kappa shape index (κ2) is 8.58. The molecule has 0 aliphatic heterocycles. The number of ether oxygens (including phenoxy) is 1. The molecule has 0 saturated heterocycles. The third-order valence-corrected chi connectivity index (χ3v) is 7.78. The minimum atomic E-state index is -0.474. The van der Waals surface area contributed by atoms with Crippen LogP contribution in [0.25, 0.3) is 16.6 Å². The van der Waals surface area contributed by atoms with E-state index < -0.39 is 5.41 Å². The summed E-state index contributed by atoms with van der Waals surface area (Å²) < 4.78 is 9.50. The van der Waals surface area contributed by atoms with Crippen molar-refractivity contribution in [1.82, 2.24) is 14.3 Å². The molecule has 1 fully saturated rings. The molecule has 2 aromatic heterocycles. The van der Waals surface area contributed by atoms with Crippen molar-refractivity contribution in [3.8, 4) is 5.69 Å². The number of halogens is 1. The Hall–Kier alpha value is -2.70. The molecule has 2 aromatic carbocycles. The first kappa shape index (κ1) is 22.1. The first-order valence-electron chi connectivity index (χ1n) is 11.3. The lowest BCUT2D eigenvalue weighted by molar-refractivity contribution is -0.146. The second-order valence-electron chi connectivity index (χ2n) is 8.40. The number of benzene rings is 2. The maximum Gasteiger partial charge on any atom is 0.316 e. The van der Waals surface area contributed by atoms with Crippen LogP contribution in [0.2, 0.25) is 5.02 Å². The highest BCUT2D eigenvalue weighted by Gasteiger charge is 2.52. The van der Waals surface area contributed by atoms with Crippen molar-refractivity contribution in [2.24, 2.45) is 0 Å². The quantitative estimate of drug-likeness (QED) is 0.282. The number of fused-ring (bicyclic) bond motifs is 1. The van der Waals surface area contributed by atoms with Gasteiger partial charge in [-0.1, -0.05) is 41.6 Å². The fraction of sp³-hybridized carbons (Fsp3) is 0.308. The van der Waals surface area contributed by atoms with Gasteiger partial charge in [0.25, 0.3) is 0 Å². The molecule has 170 valence electrons. The zero-order valence-electron chi connectivity index (χ0n) is 19.0. The summed E-state index contributed by atoms with van der Waals surface area (Å²) in [5, 5.41) is 6.31. The van der Waals surface area contributed by atoms with E-state index in [1.165, 1.54) is 4.90 Å². The number of hydrogen-bond donors (Lipinski definition) is 0. The van der Waals surface area contributed by atoms with Crippen LogP contribution in [0, 0.1) is 6.92 Å². The monoisotopic (exact) mass is 479 g/mol. The fourth-order valence-electron chi connectivity index (χ4n) is 4.44. The lowest BCUT2D eigenvalue weighted by atomic mass is 9.96. The molecule has 1 saturated carbocycles. The molecule has 0 amide bonds. The zero-order chi connectivity index (χ0) is 23.2. The van der Waals surface area contributed by atoms with E-state index in [4.69, 9.17) is 16.3 Å². The smallest absolute Gasteiger partial charge is 0.316 e. The van der Waals surface area contributed by atoms with Gasteiger partial charge in [0.2, 0.25) is 0 Å². The average molecular weight is 480 g/mol. The molecule has 0 spiro atoms. The molecule has 1 aliphatic carbocycles. The fourth-order valence-corrected chi connectivity index (χ4v) is 5.70. The highest BCUT2D eigenvalue weighted by atomic mass is 35.5. The number of rotatable bonds is 7. The topological polar surface area (TPSA) is 49.1 Å². The summed E-state index contributed by atoms with van der Waals surface area (Å²) in [6.07, 6.45) is 5.64. The summed E-state index contributed by atoms with van der Waals surface area (Å²) in [5.41, 5.74) is 3.77. The Morgan fingerprint density at radius 1 is 1.21 bits per heavy atom. The summed E-state index contributed by atoms with van der Waals surface area (Å²) in [6.45, 7) is 7.28. The van der Waals surface area contributed by atoms with Crippen LogP contribution in [0.4, 0.5) is 0 Å². The zero-order valence-corrected chi connectivity index (χ0v) is 20.5. The number of aromatic nitrogens is 3. The molecule has 0 atom stereocenters. The third-order valence-electron chi connectivity index (χ3n) is 6.33. The molecule has 1 aliphatic rings. The van der Waals surface area contributed by atoms with Crippen LogP contribution < -0.4 is 0 Å². The Kier molecular flexibility index (Phi) is 5.75. The highest BCUT2D eigenvalue weighted by molar-refractivity contribution is 7.99. The van der Waals surface area contributed by atoms with E-state index in [0.717, 1.165) is 52.1 Å². The molecular formula is C26H26ClN3O2S. The number of carbonyl (C=O) groups excluding carboxylic acids is 1. The van der Waals surface area contributed by atoms with Crippen molar-refractivity contribution in [2.45, 2.75) is 55.4 Å². The Bertz CT molecular complexity index is 1350. The van der Waals surface area contributed by atoms with E-state index in [9.17, 15) is 4.79 Å². The van der Waals surface area contributed by atoms with Crippen LogP contribution in [0.1, 0.15) is 37.9 Å². The van der Waals surface area contributed by atoms with Gasteiger partial charge in [0, 0.05) is 38.6 Å². The number of hydrogen-bond acceptors (Lipinski definition) is 4. The van der Waals surface area contributed by atoms with Crippen molar-refractivity contribution in [1.29, 1.82) is 0 Å². The summed E-state index contributed by atoms with van der Waals surface area (Å²) in [5.74, 6) is -0.109. The number of carbonyl (C=O) groups is 1. The van der Waals surface area contributed by atoms with Gasteiger partial charge in [-0.3, -0.25) is 9.48 Å². The average Bonchev–Trinajstić information content (AvgIpc) is 3.43. The SMILES string of the molecule is CCOC(=O)C1(c2cccc(Sc3c(C)n(-c4cnn(CC)c4)c4cc(Cl)ccc34)c2)CC1. The minimum Gasteiger partial charge on any atom is -0.465 e. The van der Waals surface area contributed by atoms with Crippen molar-refractivity contribution >= 4 is 40.2 Å². The molecule has 0 unspecified atom stereocenters. The lowest BCUT2D eigenvalue weighted by Gasteiger charge is -2.15. The highest BCUT2D eigenvalue weighted by Crippen LogP contribution is 2.50. The third kappa shape index (κ3) is 3.85. The maximum atomic E-state index is 12.6. The van der Waals surface area contributed by atoms with Crippen LogP contribution in [-0.4, -0.2) is 26.9 Å². The van der Waals surface area contributed by atoms with Crippen LogP contribution in [-0.2, 0) is 21.5 Å². The van der Waals surface area contributed by atoms with Crippen molar-refractivity contribution < 1.29 is 9.53 Å². The molecular weight excluding hydrogens is 454 g/mol. The first-order valence-corrected chi connectivity index (χ1v) is 12.5. The van der Waals surface area contributed by atoms with E-state index in [1.807, 2.05) is 42.1 Å². The number of esters is 1. The predicted molar refractivity (Wildman–Crippen MR) is 133 cm³/mol. The molecule has 5 nitrogen and oxygen atoms in total.